The van der Waals surface area contributed by atoms with Gasteiger partial charge in [0.25, 0.3) is 0 Å². The van der Waals surface area contributed by atoms with Gasteiger partial charge in [0.15, 0.2) is 0 Å². The van der Waals surface area contributed by atoms with E-state index in [-0.39, 0.29) is 22.3 Å². The third-order valence-corrected chi connectivity index (χ3v) is 3.65. The molecule has 5 nitrogen and oxygen atoms in total. The summed E-state index contributed by atoms with van der Waals surface area (Å²) in [4.78, 5) is 11.4. The summed E-state index contributed by atoms with van der Waals surface area (Å²) in [7, 11) is -3.86. The van der Waals surface area contributed by atoms with Crippen molar-refractivity contribution in [3.05, 3.63) is 16.3 Å². The molecule has 0 aliphatic carbocycles. The number of sulfonamides is 1. The van der Waals surface area contributed by atoms with Crippen molar-refractivity contribution in [2.24, 2.45) is 11.1 Å². The summed E-state index contributed by atoms with van der Waals surface area (Å²) in [6.07, 6.45) is 0. The van der Waals surface area contributed by atoms with Gasteiger partial charge in [0.05, 0.1) is 6.61 Å². The highest BCUT2D eigenvalue weighted by atomic mass is 32.2. The van der Waals surface area contributed by atoms with E-state index in [2.05, 4.69) is 0 Å². The Bertz CT molecular complexity index is 475. The molecule has 0 aliphatic heterocycles. The maximum atomic E-state index is 11.5. The molecular weight excluding hydrogens is 250 g/mol. The number of nitrogens with two attached hydrogens (primary N) is 1. The first-order valence-electron chi connectivity index (χ1n) is 4.59. The second-order valence-electron chi connectivity index (χ2n) is 3.65. The predicted molar refractivity (Wildman–Crippen MR) is 60.8 cm³/mol. The van der Waals surface area contributed by atoms with Crippen LogP contribution in [0.3, 0.4) is 0 Å². The van der Waals surface area contributed by atoms with Gasteiger partial charge in [-0.15, -0.1) is 11.3 Å². The molecule has 1 aromatic rings. The molecule has 0 spiro atoms. The van der Waals surface area contributed by atoms with Crippen molar-refractivity contribution < 1.29 is 17.9 Å². The zero-order valence-electron chi connectivity index (χ0n) is 8.97. The maximum absolute atomic E-state index is 11.5. The van der Waals surface area contributed by atoms with Crippen LogP contribution in [-0.2, 0) is 14.8 Å². The SMILES string of the molecule is CC(C)COC(=O)c1sccc1S(N)(=O)=O. The van der Waals surface area contributed by atoms with Crippen LogP contribution < -0.4 is 5.14 Å². The van der Waals surface area contributed by atoms with E-state index in [0.29, 0.717) is 0 Å². The number of hydrogen-bond acceptors (Lipinski definition) is 5. The molecule has 0 amide bonds. The number of carbonyl (C=O) groups is 1. The minimum Gasteiger partial charge on any atom is -0.461 e. The average Bonchev–Trinajstić information content (AvgIpc) is 2.61. The van der Waals surface area contributed by atoms with Gasteiger partial charge in [-0.2, -0.15) is 0 Å². The molecule has 0 aromatic carbocycles. The molecule has 0 saturated carbocycles. The summed E-state index contributed by atoms with van der Waals surface area (Å²) in [6.45, 7) is 4.03. The lowest BCUT2D eigenvalue weighted by atomic mass is 10.2. The Balaban J connectivity index is 2.89. The van der Waals surface area contributed by atoms with E-state index in [4.69, 9.17) is 9.88 Å². The number of hydrogen-bond donors (Lipinski definition) is 1. The fourth-order valence-corrected chi connectivity index (χ4v) is 2.84. The highest BCUT2D eigenvalue weighted by Gasteiger charge is 2.22. The van der Waals surface area contributed by atoms with Gasteiger partial charge in [0, 0.05) is 0 Å². The Hall–Kier alpha value is -0.920. The van der Waals surface area contributed by atoms with E-state index in [0.717, 1.165) is 11.3 Å². The fraction of sp³-hybridized carbons (Fsp3) is 0.444. The fourth-order valence-electron chi connectivity index (χ4n) is 0.978. The van der Waals surface area contributed by atoms with Gasteiger partial charge in [-0.3, -0.25) is 0 Å². The summed E-state index contributed by atoms with van der Waals surface area (Å²) in [5, 5.41) is 6.46. The standard InChI is InChI=1S/C9H13NO4S2/c1-6(2)5-14-9(11)8-7(3-4-15-8)16(10,12)13/h3-4,6H,5H2,1-2H3,(H2,10,12,13). The van der Waals surface area contributed by atoms with Crippen molar-refractivity contribution in [1.29, 1.82) is 0 Å². The van der Waals surface area contributed by atoms with Crippen molar-refractivity contribution in [2.75, 3.05) is 6.61 Å². The van der Waals surface area contributed by atoms with E-state index in [1.54, 1.807) is 0 Å². The summed E-state index contributed by atoms with van der Waals surface area (Å²) >= 11 is 1.00. The second-order valence-corrected chi connectivity index (χ2v) is 6.10. The molecule has 1 heterocycles. The topological polar surface area (TPSA) is 86.5 Å². The molecule has 2 N–H and O–H groups in total. The molecule has 0 aliphatic rings. The summed E-state index contributed by atoms with van der Waals surface area (Å²) in [5.41, 5.74) is 0. The maximum Gasteiger partial charge on any atom is 0.349 e. The van der Waals surface area contributed by atoms with E-state index in [9.17, 15) is 13.2 Å². The Morgan fingerprint density at radius 2 is 2.19 bits per heavy atom. The van der Waals surface area contributed by atoms with Crippen LogP contribution in [0.5, 0.6) is 0 Å². The van der Waals surface area contributed by atoms with Crippen LogP contribution in [0.25, 0.3) is 0 Å². The predicted octanol–water partition coefficient (Wildman–Crippen LogP) is 1.21. The van der Waals surface area contributed by atoms with E-state index >= 15 is 0 Å². The van der Waals surface area contributed by atoms with Crippen molar-refractivity contribution in [2.45, 2.75) is 18.7 Å². The molecule has 7 heteroatoms. The molecule has 0 radical (unpaired) electrons. The van der Waals surface area contributed by atoms with E-state index in [1.165, 1.54) is 11.4 Å². The van der Waals surface area contributed by atoms with Crippen LogP contribution in [0.2, 0.25) is 0 Å². The van der Waals surface area contributed by atoms with Crippen LogP contribution in [0.15, 0.2) is 16.3 Å². The first kappa shape index (κ1) is 13.1. The molecule has 0 saturated heterocycles. The number of rotatable bonds is 4. The van der Waals surface area contributed by atoms with Crippen molar-refractivity contribution >= 4 is 27.3 Å². The van der Waals surface area contributed by atoms with Crippen LogP contribution in [0.1, 0.15) is 23.5 Å². The lowest BCUT2D eigenvalue weighted by Gasteiger charge is -2.06. The Morgan fingerprint density at radius 1 is 1.56 bits per heavy atom. The smallest absolute Gasteiger partial charge is 0.349 e. The largest absolute Gasteiger partial charge is 0.461 e. The molecule has 0 atom stereocenters. The third kappa shape index (κ3) is 3.29. The number of esters is 1. The van der Waals surface area contributed by atoms with Gasteiger partial charge in [0.2, 0.25) is 10.0 Å². The number of ether oxygens (including phenoxy) is 1. The Labute approximate surface area is 98.3 Å². The highest BCUT2D eigenvalue weighted by Crippen LogP contribution is 2.21. The van der Waals surface area contributed by atoms with Gasteiger partial charge in [0.1, 0.15) is 9.77 Å². The third-order valence-electron chi connectivity index (χ3n) is 1.67. The molecule has 16 heavy (non-hydrogen) atoms. The summed E-state index contributed by atoms with van der Waals surface area (Å²) < 4.78 is 27.2. The number of primary sulfonamides is 1. The summed E-state index contributed by atoms with van der Waals surface area (Å²) in [6, 6.07) is 1.30. The van der Waals surface area contributed by atoms with Crippen LogP contribution in [0.4, 0.5) is 0 Å². The second kappa shape index (κ2) is 4.94. The lowest BCUT2D eigenvalue weighted by molar-refractivity contribution is 0.0460. The monoisotopic (exact) mass is 263 g/mol. The van der Waals surface area contributed by atoms with E-state index in [1.807, 2.05) is 13.8 Å². The highest BCUT2D eigenvalue weighted by molar-refractivity contribution is 7.89. The molecule has 0 unspecified atom stereocenters. The molecule has 0 bridgehead atoms. The van der Waals surface area contributed by atoms with Crippen LogP contribution in [-0.4, -0.2) is 21.0 Å². The minimum absolute atomic E-state index is 0.0307. The van der Waals surface area contributed by atoms with Gasteiger partial charge in [-0.05, 0) is 17.4 Å². The van der Waals surface area contributed by atoms with Crippen LogP contribution >= 0.6 is 11.3 Å². The minimum atomic E-state index is -3.86. The first-order valence-corrected chi connectivity index (χ1v) is 7.02. The van der Waals surface area contributed by atoms with Gasteiger partial charge >= 0.3 is 5.97 Å². The van der Waals surface area contributed by atoms with Crippen molar-refractivity contribution in [3.8, 4) is 0 Å². The Kier molecular flexibility index (Phi) is 4.06. The molecule has 0 fully saturated rings. The normalized spacial score (nSPS) is 11.8. The van der Waals surface area contributed by atoms with Crippen molar-refractivity contribution in [1.82, 2.24) is 0 Å². The van der Waals surface area contributed by atoms with E-state index < -0.39 is 16.0 Å². The average molecular weight is 263 g/mol. The van der Waals surface area contributed by atoms with Crippen LogP contribution in [0, 0.1) is 5.92 Å². The summed E-state index contributed by atoms with van der Waals surface area (Å²) in [5.74, 6) is -0.449. The van der Waals surface area contributed by atoms with Gasteiger partial charge < -0.3 is 4.74 Å². The van der Waals surface area contributed by atoms with Gasteiger partial charge in [-0.1, -0.05) is 13.8 Å². The molecule has 90 valence electrons. The molecule has 1 aromatic heterocycles. The number of carbonyl (C=O) groups excluding carboxylic acids is 1. The molecular formula is C9H13NO4S2. The zero-order chi connectivity index (χ0) is 12.3. The van der Waals surface area contributed by atoms with Gasteiger partial charge in [-0.25, -0.2) is 18.4 Å². The lowest BCUT2D eigenvalue weighted by Crippen LogP contribution is -2.16. The first-order chi connectivity index (χ1) is 7.32. The Morgan fingerprint density at radius 3 is 2.69 bits per heavy atom. The number of thiophene rings is 1. The quantitative estimate of drug-likeness (QED) is 0.827. The zero-order valence-corrected chi connectivity index (χ0v) is 10.6. The van der Waals surface area contributed by atoms with Crippen molar-refractivity contribution in [3.63, 3.8) is 0 Å². The molecule has 1 rings (SSSR count).